The van der Waals surface area contributed by atoms with Crippen molar-refractivity contribution in [2.24, 2.45) is 11.8 Å². The summed E-state index contributed by atoms with van der Waals surface area (Å²) in [4.78, 5) is 0. The molecule has 0 aromatic heterocycles. The van der Waals surface area contributed by atoms with Gasteiger partial charge in [0.1, 0.15) is 0 Å². The number of hydrogen-bond donors (Lipinski definition) is 2. The van der Waals surface area contributed by atoms with E-state index in [9.17, 15) is 0 Å². The maximum absolute atomic E-state index is 6.12. The first-order valence-electron chi connectivity index (χ1n) is 7.47. The molecule has 20 heavy (non-hydrogen) atoms. The van der Waals surface area contributed by atoms with Gasteiger partial charge in [0.05, 0.1) is 5.60 Å². The molecule has 1 spiro atoms. The second-order valence-electron chi connectivity index (χ2n) is 6.15. The summed E-state index contributed by atoms with van der Waals surface area (Å²) in [5.74, 6) is 8.82. The molecule has 4 heteroatoms. The molecule has 1 aromatic rings. The topological polar surface area (TPSA) is 47.3 Å². The molecule has 3 unspecified atom stereocenters. The third-order valence-corrected chi connectivity index (χ3v) is 5.87. The van der Waals surface area contributed by atoms with E-state index in [0.29, 0.717) is 5.92 Å². The number of ether oxygens (including phenoxy) is 1. The molecule has 2 fully saturated rings. The maximum atomic E-state index is 6.12. The Bertz CT molecular complexity index is 460. The van der Waals surface area contributed by atoms with Crippen LogP contribution >= 0.6 is 11.8 Å². The van der Waals surface area contributed by atoms with Crippen molar-refractivity contribution in [1.82, 2.24) is 5.43 Å². The van der Waals surface area contributed by atoms with Crippen molar-refractivity contribution < 1.29 is 4.74 Å². The molecule has 3 atom stereocenters. The number of thioether (sulfide) groups is 1. The molecule has 0 saturated carbocycles. The summed E-state index contributed by atoms with van der Waals surface area (Å²) in [6.45, 7) is 3.01. The Kier molecular flexibility index (Phi) is 4.36. The molecular weight excluding hydrogens is 268 g/mol. The van der Waals surface area contributed by atoms with E-state index in [1.165, 1.54) is 23.3 Å². The van der Waals surface area contributed by atoms with Crippen LogP contribution in [-0.4, -0.2) is 23.7 Å². The Morgan fingerprint density at radius 1 is 1.50 bits per heavy atom. The molecule has 3 N–H and O–H groups in total. The molecule has 0 radical (unpaired) electrons. The summed E-state index contributed by atoms with van der Waals surface area (Å²) in [7, 11) is 0. The zero-order valence-corrected chi connectivity index (χ0v) is 12.9. The van der Waals surface area contributed by atoms with Crippen LogP contribution in [0.15, 0.2) is 24.3 Å². The number of aryl methyl sites for hydroxylation is 1. The lowest BCUT2D eigenvalue weighted by Gasteiger charge is -2.41. The van der Waals surface area contributed by atoms with Crippen LogP contribution in [0.4, 0.5) is 0 Å². The third kappa shape index (κ3) is 2.89. The van der Waals surface area contributed by atoms with Gasteiger partial charge in [-0.05, 0) is 43.4 Å². The normalized spacial score (nSPS) is 31.6. The molecule has 3 rings (SSSR count). The second kappa shape index (κ2) is 6.06. The zero-order chi connectivity index (χ0) is 14.0. The van der Waals surface area contributed by atoms with Crippen LogP contribution in [0.5, 0.6) is 0 Å². The number of hydrazine groups is 1. The monoisotopic (exact) mass is 292 g/mol. The van der Waals surface area contributed by atoms with E-state index in [1.807, 2.05) is 11.8 Å². The number of nitrogens with one attached hydrogen (secondary N) is 1. The highest BCUT2D eigenvalue weighted by molar-refractivity contribution is 7.99. The molecule has 2 heterocycles. The molecule has 2 aliphatic heterocycles. The first kappa shape index (κ1) is 14.4. The molecule has 0 bridgehead atoms. The van der Waals surface area contributed by atoms with Gasteiger partial charge in [-0.15, -0.1) is 0 Å². The lowest BCUT2D eigenvalue weighted by molar-refractivity contribution is -0.0854. The molecular formula is C16H24N2OS. The summed E-state index contributed by atoms with van der Waals surface area (Å²) in [5, 5.41) is 0. The molecule has 2 saturated heterocycles. The Labute approximate surface area is 125 Å². The minimum absolute atomic E-state index is 0.118. The van der Waals surface area contributed by atoms with Gasteiger partial charge in [0.25, 0.3) is 0 Å². The molecule has 0 aliphatic carbocycles. The van der Waals surface area contributed by atoms with Gasteiger partial charge < -0.3 is 4.74 Å². The van der Waals surface area contributed by atoms with Gasteiger partial charge in [0.15, 0.2) is 0 Å². The lowest BCUT2D eigenvalue weighted by atomic mass is 9.79. The Hall–Kier alpha value is -0.550. The van der Waals surface area contributed by atoms with Crippen molar-refractivity contribution in [2.75, 3.05) is 18.1 Å². The minimum atomic E-state index is 0.118. The summed E-state index contributed by atoms with van der Waals surface area (Å²) in [5.41, 5.74) is 5.78. The van der Waals surface area contributed by atoms with E-state index >= 15 is 0 Å². The molecule has 2 aliphatic rings. The SMILES string of the molecule is Cc1cccc(C(NN)C2CCOC3(CCSC3)C2)c1. The van der Waals surface area contributed by atoms with Crippen LogP contribution in [0.3, 0.4) is 0 Å². The van der Waals surface area contributed by atoms with Crippen molar-refractivity contribution in [3.63, 3.8) is 0 Å². The van der Waals surface area contributed by atoms with E-state index in [-0.39, 0.29) is 11.6 Å². The van der Waals surface area contributed by atoms with Crippen LogP contribution < -0.4 is 11.3 Å². The van der Waals surface area contributed by atoms with Crippen molar-refractivity contribution >= 4 is 11.8 Å². The van der Waals surface area contributed by atoms with Crippen molar-refractivity contribution in [3.8, 4) is 0 Å². The van der Waals surface area contributed by atoms with Crippen LogP contribution in [-0.2, 0) is 4.74 Å². The van der Waals surface area contributed by atoms with E-state index in [1.54, 1.807) is 0 Å². The summed E-state index contributed by atoms with van der Waals surface area (Å²) in [6, 6.07) is 8.92. The first-order valence-corrected chi connectivity index (χ1v) is 8.62. The fourth-order valence-electron chi connectivity index (χ4n) is 3.58. The third-order valence-electron chi connectivity index (χ3n) is 4.65. The van der Waals surface area contributed by atoms with Crippen molar-refractivity contribution in [3.05, 3.63) is 35.4 Å². The highest BCUT2D eigenvalue weighted by Crippen LogP contribution is 2.43. The number of benzene rings is 1. The van der Waals surface area contributed by atoms with Gasteiger partial charge in [-0.3, -0.25) is 11.3 Å². The standard InChI is InChI=1S/C16H24N2OS/c1-12-3-2-4-13(9-12)15(18-17)14-5-7-19-16(10-14)6-8-20-11-16/h2-4,9,14-15,18H,5-8,10-11,17H2,1H3. The Morgan fingerprint density at radius 2 is 2.40 bits per heavy atom. The quantitative estimate of drug-likeness (QED) is 0.664. The van der Waals surface area contributed by atoms with Crippen LogP contribution in [0.1, 0.15) is 36.4 Å². The smallest absolute Gasteiger partial charge is 0.0783 e. The Morgan fingerprint density at radius 3 is 3.10 bits per heavy atom. The molecule has 3 nitrogen and oxygen atoms in total. The number of nitrogens with two attached hydrogens (primary N) is 1. The first-order chi connectivity index (χ1) is 9.72. The van der Waals surface area contributed by atoms with E-state index in [4.69, 9.17) is 10.6 Å². The van der Waals surface area contributed by atoms with Gasteiger partial charge in [-0.2, -0.15) is 11.8 Å². The van der Waals surface area contributed by atoms with E-state index in [2.05, 4.69) is 36.6 Å². The Balaban J connectivity index is 1.78. The van der Waals surface area contributed by atoms with Crippen molar-refractivity contribution in [1.29, 1.82) is 0 Å². The van der Waals surface area contributed by atoms with Gasteiger partial charge in [0.2, 0.25) is 0 Å². The van der Waals surface area contributed by atoms with Gasteiger partial charge in [-0.1, -0.05) is 29.8 Å². The maximum Gasteiger partial charge on any atom is 0.0783 e. The van der Waals surface area contributed by atoms with Gasteiger partial charge >= 0.3 is 0 Å². The summed E-state index contributed by atoms with van der Waals surface area (Å²) >= 11 is 2.02. The number of rotatable bonds is 3. The fourth-order valence-corrected chi connectivity index (χ4v) is 4.96. The fraction of sp³-hybridized carbons (Fsp3) is 0.625. The largest absolute Gasteiger partial charge is 0.374 e. The predicted octanol–water partition coefficient (Wildman–Crippen LogP) is 2.80. The minimum Gasteiger partial charge on any atom is -0.374 e. The number of hydrogen-bond acceptors (Lipinski definition) is 4. The average molecular weight is 292 g/mol. The highest BCUT2D eigenvalue weighted by atomic mass is 32.2. The van der Waals surface area contributed by atoms with Crippen LogP contribution in [0, 0.1) is 12.8 Å². The average Bonchev–Trinajstić information content (AvgIpc) is 2.88. The summed E-state index contributed by atoms with van der Waals surface area (Å²) in [6.07, 6.45) is 3.41. The summed E-state index contributed by atoms with van der Waals surface area (Å²) < 4.78 is 6.12. The lowest BCUT2D eigenvalue weighted by Crippen LogP contribution is -2.45. The van der Waals surface area contributed by atoms with Crippen LogP contribution in [0.2, 0.25) is 0 Å². The van der Waals surface area contributed by atoms with Crippen LogP contribution in [0.25, 0.3) is 0 Å². The van der Waals surface area contributed by atoms with E-state index in [0.717, 1.165) is 25.2 Å². The molecule has 1 aromatic carbocycles. The highest BCUT2D eigenvalue weighted by Gasteiger charge is 2.42. The van der Waals surface area contributed by atoms with E-state index < -0.39 is 0 Å². The molecule has 0 amide bonds. The zero-order valence-electron chi connectivity index (χ0n) is 12.1. The van der Waals surface area contributed by atoms with Crippen molar-refractivity contribution in [2.45, 2.75) is 37.8 Å². The second-order valence-corrected chi connectivity index (χ2v) is 7.25. The molecule has 110 valence electrons. The van der Waals surface area contributed by atoms with Gasteiger partial charge in [-0.25, -0.2) is 0 Å². The van der Waals surface area contributed by atoms with Gasteiger partial charge in [0, 0.05) is 18.4 Å². The predicted molar refractivity (Wildman–Crippen MR) is 84.6 cm³/mol.